The average molecular weight is 375 g/mol. The van der Waals surface area contributed by atoms with Gasteiger partial charge in [0.15, 0.2) is 0 Å². The fraction of sp³-hybridized carbons (Fsp3) is 0.385. The van der Waals surface area contributed by atoms with Crippen molar-refractivity contribution < 1.29 is 18.3 Å². The number of aromatic carboxylic acids is 1. The van der Waals surface area contributed by atoms with Gasteiger partial charge in [-0.3, -0.25) is 0 Å². The number of hydrogen-bond donors (Lipinski definition) is 2. The summed E-state index contributed by atoms with van der Waals surface area (Å²) in [5.74, 6) is -1.21. The molecule has 1 aromatic carbocycles. The smallest absolute Gasteiger partial charge is 0.336 e. The van der Waals surface area contributed by atoms with Crippen LogP contribution < -0.4 is 4.72 Å². The zero-order chi connectivity index (χ0) is 16.4. The summed E-state index contributed by atoms with van der Waals surface area (Å²) in [6.07, 6.45) is 0. The molecule has 0 unspecified atom stereocenters. The van der Waals surface area contributed by atoms with Crippen molar-refractivity contribution in [2.75, 3.05) is 6.54 Å². The van der Waals surface area contributed by atoms with Gasteiger partial charge in [-0.1, -0.05) is 15.9 Å². The number of carboxylic acids is 1. The first kappa shape index (κ1) is 17.6. The summed E-state index contributed by atoms with van der Waals surface area (Å²) in [6.45, 7) is 4.71. The van der Waals surface area contributed by atoms with E-state index in [-0.39, 0.29) is 17.0 Å². The minimum absolute atomic E-state index is 0.0697. The van der Waals surface area contributed by atoms with Crippen LogP contribution in [0.15, 0.2) is 21.5 Å². The van der Waals surface area contributed by atoms with Crippen LogP contribution in [0.4, 0.5) is 0 Å². The molecule has 0 aliphatic carbocycles. The number of rotatable bonds is 5. The number of nitrogens with one attached hydrogen (secondary N) is 1. The third-order valence-corrected chi connectivity index (χ3v) is 5.07. The quantitative estimate of drug-likeness (QED) is 0.821. The van der Waals surface area contributed by atoms with Crippen molar-refractivity contribution in [3.8, 4) is 6.07 Å². The van der Waals surface area contributed by atoms with Crippen molar-refractivity contribution in [2.24, 2.45) is 5.41 Å². The van der Waals surface area contributed by atoms with Gasteiger partial charge in [-0.05, 0) is 38.5 Å². The minimum atomic E-state index is -3.89. The van der Waals surface area contributed by atoms with E-state index < -0.39 is 21.4 Å². The van der Waals surface area contributed by atoms with E-state index in [4.69, 9.17) is 10.4 Å². The fourth-order valence-electron chi connectivity index (χ4n) is 1.43. The summed E-state index contributed by atoms with van der Waals surface area (Å²) in [4.78, 5) is 11.0. The van der Waals surface area contributed by atoms with Crippen molar-refractivity contribution >= 4 is 31.9 Å². The van der Waals surface area contributed by atoms with Crippen LogP contribution in [0.2, 0.25) is 0 Å². The maximum absolute atomic E-state index is 12.2. The number of nitriles is 1. The summed E-state index contributed by atoms with van der Waals surface area (Å²) in [5.41, 5.74) is -0.506. The Bertz CT molecular complexity index is 720. The van der Waals surface area contributed by atoms with Crippen molar-refractivity contribution in [3.63, 3.8) is 0 Å². The van der Waals surface area contributed by atoms with Crippen molar-refractivity contribution in [3.05, 3.63) is 27.7 Å². The van der Waals surface area contributed by atoms with E-state index in [1.165, 1.54) is 6.07 Å². The van der Waals surface area contributed by atoms with E-state index in [1.807, 2.05) is 6.07 Å². The normalized spacial score (nSPS) is 12.0. The molecule has 0 aliphatic rings. The van der Waals surface area contributed by atoms with Crippen molar-refractivity contribution in [2.45, 2.75) is 25.7 Å². The molecule has 0 heterocycles. The molecule has 6 nitrogen and oxygen atoms in total. The predicted octanol–water partition coefficient (Wildman–Crippen LogP) is 2.28. The van der Waals surface area contributed by atoms with E-state index in [1.54, 1.807) is 20.8 Å². The highest BCUT2D eigenvalue weighted by molar-refractivity contribution is 9.10. The zero-order valence-electron chi connectivity index (χ0n) is 11.8. The maximum Gasteiger partial charge on any atom is 0.336 e. The number of benzene rings is 1. The highest BCUT2D eigenvalue weighted by atomic mass is 79.9. The van der Waals surface area contributed by atoms with Crippen LogP contribution in [0.3, 0.4) is 0 Å². The van der Waals surface area contributed by atoms with Gasteiger partial charge in [-0.25, -0.2) is 17.9 Å². The molecule has 0 fully saturated rings. The molecule has 114 valence electrons. The molecule has 0 bridgehead atoms. The molecule has 0 saturated heterocycles. The van der Waals surface area contributed by atoms with Crippen LogP contribution in [0, 0.1) is 23.7 Å². The summed E-state index contributed by atoms with van der Waals surface area (Å²) in [6, 6.07) is 4.42. The topological polar surface area (TPSA) is 107 Å². The lowest BCUT2D eigenvalue weighted by Crippen LogP contribution is -2.33. The maximum atomic E-state index is 12.2. The van der Waals surface area contributed by atoms with E-state index in [9.17, 15) is 13.2 Å². The Labute approximate surface area is 132 Å². The SMILES string of the molecule is Cc1c(Br)cc(S(=O)(=O)NCC(C)(C)C#N)cc1C(=O)O. The number of nitrogens with zero attached hydrogens (tertiary/aromatic N) is 1. The van der Waals surface area contributed by atoms with Crippen molar-refractivity contribution in [1.29, 1.82) is 5.26 Å². The van der Waals surface area contributed by atoms with E-state index >= 15 is 0 Å². The van der Waals surface area contributed by atoms with Gasteiger partial charge >= 0.3 is 5.97 Å². The van der Waals surface area contributed by atoms with Gasteiger partial charge < -0.3 is 5.11 Å². The molecule has 0 saturated carbocycles. The molecule has 1 rings (SSSR count). The third kappa shape index (κ3) is 4.27. The Hall–Kier alpha value is -1.43. The minimum Gasteiger partial charge on any atom is -0.478 e. The van der Waals surface area contributed by atoms with Crippen LogP contribution in [-0.2, 0) is 10.0 Å². The first-order chi connectivity index (χ1) is 9.50. The molecule has 2 N–H and O–H groups in total. The Balaban J connectivity index is 3.22. The Morgan fingerprint density at radius 3 is 2.52 bits per heavy atom. The van der Waals surface area contributed by atoms with Gasteiger partial charge in [0.2, 0.25) is 10.0 Å². The van der Waals surface area contributed by atoms with Crippen LogP contribution in [0.25, 0.3) is 0 Å². The standard InChI is InChI=1S/C13H15BrN2O4S/c1-8-10(12(17)18)4-9(5-11(8)14)21(19,20)16-7-13(2,3)6-15/h4-5,16H,7H2,1-3H3,(H,17,18). The van der Waals surface area contributed by atoms with Gasteiger partial charge in [0, 0.05) is 11.0 Å². The zero-order valence-corrected chi connectivity index (χ0v) is 14.2. The third-order valence-electron chi connectivity index (χ3n) is 2.87. The number of sulfonamides is 1. The molecule has 0 aliphatic heterocycles. The molecule has 0 radical (unpaired) electrons. The Morgan fingerprint density at radius 2 is 2.05 bits per heavy atom. The lowest BCUT2D eigenvalue weighted by molar-refractivity contribution is 0.0695. The predicted molar refractivity (Wildman–Crippen MR) is 80.4 cm³/mol. The van der Waals surface area contributed by atoms with Gasteiger partial charge in [0.05, 0.1) is 21.9 Å². The second-order valence-electron chi connectivity index (χ2n) is 5.20. The summed E-state index contributed by atoms with van der Waals surface area (Å²) in [5, 5.41) is 18.0. The first-order valence-corrected chi connectivity index (χ1v) is 8.22. The second-order valence-corrected chi connectivity index (χ2v) is 7.82. The molecular formula is C13H15BrN2O4S. The van der Waals surface area contributed by atoms with E-state index in [0.29, 0.717) is 10.0 Å². The average Bonchev–Trinajstić information content (AvgIpc) is 2.39. The molecule has 0 aromatic heterocycles. The Morgan fingerprint density at radius 1 is 1.48 bits per heavy atom. The molecular weight excluding hydrogens is 360 g/mol. The highest BCUT2D eigenvalue weighted by Gasteiger charge is 2.24. The Kier molecular flexibility index (Phi) is 5.15. The molecule has 1 aromatic rings. The summed E-state index contributed by atoms with van der Waals surface area (Å²) >= 11 is 3.15. The monoisotopic (exact) mass is 374 g/mol. The summed E-state index contributed by atoms with van der Waals surface area (Å²) < 4.78 is 27.1. The van der Waals surface area contributed by atoms with Crippen LogP contribution >= 0.6 is 15.9 Å². The molecule has 8 heteroatoms. The largest absolute Gasteiger partial charge is 0.478 e. The fourth-order valence-corrected chi connectivity index (χ4v) is 3.30. The van der Waals surface area contributed by atoms with Gasteiger partial charge in [-0.15, -0.1) is 0 Å². The van der Waals surface area contributed by atoms with Gasteiger partial charge in [0.1, 0.15) is 0 Å². The molecule has 0 spiro atoms. The molecule has 21 heavy (non-hydrogen) atoms. The van der Waals surface area contributed by atoms with Crippen LogP contribution in [0.5, 0.6) is 0 Å². The number of carboxylic acid groups (broad SMARTS) is 1. The highest BCUT2D eigenvalue weighted by Crippen LogP contribution is 2.25. The number of hydrogen-bond acceptors (Lipinski definition) is 4. The lowest BCUT2D eigenvalue weighted by atomic mass is 9.97. The number of carbonyl (C=O) groups is 1. The first-order valence-electron chi connectivity index (χ1n) is 5.94. The second kappa shape index (κ2) is 6.13. The van der Waals surface area contributed by atoms with Crippen LogP contribution in [0.1, 0.15) is 29.8 Å². The molecule has 0 atom stereocenters. The lowest BCUT2D eigenvalue weighted by Gasteiger charge is -2.16. The summed E-state index contributed by atoms with van der Waals surface area (Å²) in [7, 11) is -3.89. The number of halogens is 1. The van der Waals surface area contributed by atoms with Crippen molar-refractivity contribution in [1.82, 2.24) is 4.72 Å². The molecule has 0 amide bonds. The van der Waals surface area contributed by atoms with Gasteiger partial charge in [-0.2, -0.15) is 5.26 Å². The van der Waals surface area contributed by atoms with Crippen LogP contribution in [-0.4, -0.2) is 26.0 Å². The van der Waals surface area contributed by atoms with Gasteiger partial charge in [0.25, 0.3) is 0 Å². The van der Waals surface area contributed by atoms with E-state index in [2.05, 4.69) is 20.7 Å². The van der Waals surface area contributed by atoms with E-state index in [0.717, 1.165) is 6.07 Å².